The van der Waals surface area contributed by atoms with Gasteiger partial charge < -0.3 is 20.1 Å². The Morgan fingerprint density at radius 3 is 2.72 bits per heavy atom. The first-order chi connectivity index (χ1) is 15.5. The molecular weight excluding hydrogens is 400 g/mol. The van der Waals surface area contributed by atoms with E-state index in [0.29, 0.717) is 24.4 Å². The average Bonchev–Trinajstić information content (AvgIpc) is 3.46. The van der Waals surface area contributed by atoms with Crippen LogP contribution in [0.15, 0.2) is 54.7 Å². The molecule has 1 aliphatic heterocycles. The van der Waals surface area contributed by atoms with Crippen LogP contribution in [0.4, 0.5) is 0 Å². The van der Waals surface area contributed by atoms with E-state index in [-0.39, 0.29) is 23.9 Å². The summed E-state index contributed by atoms with van der Waals surface area (Å²) in [7, 11) is 4.08. The number of nitrogens with zero attached hydrogens (tertiary/aromatic N) is 2. The Kier molecular flexibility index (Phi) is 5.47. The van der Waals surface area contributed by atoms with Gasteiger partial charge in [0.15, 0.2) is 0 Å². The highest BCUT2D eigenvalue weighted by atomic mass is 16.2. The lowest BCUT2D eigenvalue weighted by Crippen LogP contribution is -2.45. The van der Waals surface area contributed by atoms with E-state index in [9.17, 15) is 9.59 Å². The van der Waals surface area contributed by atoms with Gasteiger partial charge in [0.1, 0.15) is 0 Å². The molecule has 2 heterocycles. The number of carbonyl (C=O) groups excluding carboxylic acids is 2. The number of rotatable bonds is 5. The van der Waals surface area contributed by atoms with Crippen molar-refractivity contribution in [2.45, 2.75) is 43.8 Å². The summed E-state index contributed by atoms with van der Waals surface area (Å²) in [6.07, 6.45) is 5.41. The zero-order valence-electron chi connectivity index (χ0n) is 18.7. The summed E-state index contributed by atoms with van der Waals surface area (Å²) in [4.78, 5) is 28.3. The monoisotopic (exact) mass is 430 g/mol. The zero-order chi connectivity index (χ0) is 22.2. The fraction of sp³-hybridized carbons (Fsp3) is 0.385. The molecule has 0 bridgehead atoms. The Bertz CT molecular complexity index is 1170. The minimum absolute atomic E-state index is 0.0513. The summed E-state index contributed by atoms with van der Waals surface area (Å²) in [5.41, 5.74) is 4.01. The first-order valence-electron chi connectivity index (χ1n) is 11.4. The Hall–Kier alpha value is -3.12. The highest BCUT2D eigenvalue weighted by Gasteiger charge is 2.35. The number of benzene rings is 2. The molecule has 3 atom stereocenters. The van der Waals surface area contributed by atoms with E-state index in [1.807, 2.05) is 54.2 Å². The second-order valence-corrected chi connectivity index (χ2v) is 9.21. The van der Waals surface area contributed by atoms with Gasteiger partial charge in [0, 0.05) is 42.2 Å². The van der Waals surface area contributed by atoms with Crippen LogP contribution in [0, 0.1) is 0 Å². The van der Waals surface area contributed by atoms with Crippen LogP contribution in [0.5, 0.6) is 0 Å². The Morgan fingerprint density at radius 2 is 1.91 bits per heavy atom. The average molecular weight is 431 g/mol. The summed E-state index contributed by atoms with van der Waals surface area (Å²) in [5.74, 6) is -0.0567. The van der Waals surface area contributed by atoms with Crippen molar-refractivity contribution < 1.29 is 9.59 Å². The second kappa shape index (κ2) is 8.43. The Labute approximate surface area is 188 Å². The number of nitrogens with one attached hydrogen (secondary N) is 2. The van der Waals surface area contributed by atoms with Crippen molar-refractivity contribution in [1.82, 2.24) is 20.1 Å². The molecule has 1 aliphatic carbocycles. The number of hydrogen-bond donors (Lipinski definition) is 2. The van der Waals surface area contributed by atoms with Crippen molar-refractivity contribution in [2.24, 2.45) is 7.05 Å². The lowest BCUT2D eigenvalue weighted by Gasteiger charge is -2.25. The van der Waals surface area contributed by atoms with Crippen LogP contribution < -0.4 is 10.6 Å². The molecule has 5 rings (SSSR count). The van der Waals surface area contributed by atoms with Crippen molar-refractivity contribution in [2.75, 3.05) is 13.6 Å². The van der Waals surface area contributed by atoms with Crippen molar-refractivity contribution >= 4 is 22.7 Å². The van der Waals surface area contributed by atoms with Gasteiger partial charge in [-0.1, -0.05) is 24.3 Å². The number of carbonyl (C=O) groups is 2. The molecule has 1 fully saturated rings. The summed E-state index contributed by atoms with van der Waals surface area (Å²) in [6.45, 7) is 1.05. The molecule has 32 heavy (non-hydrogen) atoms. The van der Waals surface area contributed by atoms with Crippen LogP contribution in [0.2, 0.25) is 0 Å². The molecule has 166 valence electrons. The zero-order valence-corrected chi connectivity index (χ0v) is 18.7. The first-order valence-corrected chi connectivity index (χ1v) is 11.4. The summed E-state index contributed by atoms with van der Waals surface area (Å²) in [6, 6.07) is 15.9. The number of likely N-dealkylation sites (tertiary alicyclic amines) is 1. The largest absolute Gasteiger partial charge is 0.351 e. The van der Waals surface area contributed by atoms with Crippen LogP contribution in [0.1, 0.15) is 46.8 Å². The predicted octanol–water partition coefficient (Wildman–Crippen LogP) is 3.17. The van der Waals surface area contributed by atoms with Gasteiger partial charge in [0.2, 0.25) is 5.91 Å². The lowest BCUT2D eigenvalue weighted by atomic mass is 10.0. The van der Waals surface area contributed by atoms with E-state index in [4.69, 9.17) is 0 Å². The summed E-state index contributed by atoms with van der Waals surface area (Å²) < 4.78 is 2.04. The van der Waals surface area contributed by atoms with Crippen molar-refractivity contribution in [3.63, 3.8) is 0 Å². The van der Waals surface area contributed by atoms with Crippen molar-refractivity contribution in [1.29, 1.82) is 0 Å². The molecule has 6 nitrogen and oxygen atoms in total. The third-order valence-electron chi connectivity index (χ3n) is 7.11. The summed E-state index contributed by atoms with van der Waals surface area (Å²) in [5, 5.41) is 7.48. The third kappa shape index (κ3) is 3.91. The number of fused-ring (bicyclic) bond motifs is 2. The molecule has 1 aromatic heterocycles. The van der Waals surface area contributed by atoms with Gasteiger partial charge in [-0.05, 0) is 68.2 Å². The van der Waals surface area contributed by atoms with E-state index in [1.54, 1.807) is 0 Å². The minimum Gasteiger partial charge on any atom is -0.351 e. The van der Waals surface area contributed by atoms with Crippen LogP contribution in [-0.4, -0.2) is 47.0 Å². The molecule has 2 aromatic carbocycles. The standard InChI is InChI=1S/C26H30N4O2/c1-29-12-5-7-20(29)16-24(31)28-25-21-8-4-3-6-17(21)15-22(25)27-26(32)19-9-10-23-18(14-19)11-13-30(23)2/h3-4,6,8-11,13-14,20,22,25H,5,7,12,15-16H2,1-2H3,(H,27,32)(H,28,31)/t20-,22+,25+/m1/s1. The molecule has 2 aliphatic rings. The predicted molar refractivity (Wildman–Crippen MR) is 125 cm³/mol. The molecule has 6 heteroatoms. The fourth-order valence-electron chi connectivity index (χ4n) is 5.27. The number of hydrogen-bond acceptors (Lipinski definition) is 3. The van der Waals surface area contributed by atoms with Gasteiger partial charge in [0.05, 0.1) is 12.1 Å². The molecule has 2 amide bonds. The normalized spacial score (nSPS) is 22.8. The Balaban J connectivity index is 1.33. The highest BCUT2D eigenvalue weighted by molar-refractivity contribution is 5.98. The fourth-order valence-corrected chi connectivity index (χ4v) is 5.27. The minimum atomic E-state index is -0.213. The number of aromatic nitrogens is 1. The maximum Gasteiger partial charge on any atom is 0.251 e. The molecule has 3 aromatic rings. The third-order valence-corrected chi connectivity index (χ3v) is 7.11. The number of aryl methyl sites for hydroxylation is 1. The van der Waals surface area contributed by atoms with Gasteiger partial charge in [-0.2, -0.15) is 0 Å². The maximum absolute atomic E-state index is 13.1. The van der Waals surface area contributed by atoms with Crippen molar-refractivity contribution in [3.8, 4) is 0 Å². The van der Waals surface area contributed by atoms with Crippen LogP contribution >= 0.6 is 0 Å². The van der Waals surface area contributed by atoms with E-state index in [2.05, 4.69) is 34.7 Å². The topological polar surface area (TPSA) is 66.4 Å². The van der Waals surface area contributed by atoms with Crippen LogP contribution in [0.3, 0.4) is 0 Å². The number of amides is 2. The first kappa shape index (κ1) is 20.8. The molecular formula is C26H30N4O2. The van der Waals surface area contributed by atoms with Gasteiger partial charge >= 0.3 is 0 Å². The SMILES string of the molecule is CN1CCC[C@@H]1CC(=O)N[C@H]1c2ccccc2C[C@@H]1NC(=O)c1ccc2c(ccn2C)c1. The van der Waals surface area contributed by atoms with E-state index >= 15 is 0 Å². The van der Waals surface area contributed by atoms with E-state index in [0.717, 1.165) is 35.9 Å². The van der Waals surface area contributed by atoms with E-state index in [1.165, 1.54) is 5.56 Å². The van der Waals surface area contributed by atoms with Gasteiger partial charge in [-0.3, -0.25) is 9.59 Å². The molecule has 2 N–H and O–H groups in total. The molecule has 0 unspecified atom stereocenters. The van der Waals surface area contributed by atoms with E-state index < -0.39 is 0 Å². The van der Waals surface area contributed by atoms with Gasteiger partial charge in [0.25, 0.3) is 5.91 Å². The molecule has 0 saturated carbocycles. The molecule has 0 radical (unpaired) electrons. The van der Waals surface area contributed by atoms with Gasteiger partial charge in [-0.15, -0.1) is 0 Å². The van der Waals surface area contributed by atoms with Crippen molar-refractivity contribution in [3.05, 3.63) is 71.4 Å². The quantitative estimate of drug-likeness (QED) is 0.653. The van der Waals surface area contributed by atoms with Gasteiger partial charge in [-0.25, -0.2) is 0 Å². The second-order valence-electron chi connectivity index (χ2n) is 9.21. The summed E-state index contributed by atoms with van der Waals surface area (Å²) >= 11 is 0. The Morgan fingerprint density at radius 1 is 1.06 bits per heavy atom. The molecule has 1 saturated heterocycles. The highest BCUT2D eigenvalue weighted by Crippen LogP contribution is 2.32. The van der Waals surface area contributed by atoms with Crippen LogP contribution in [-0.2, 0) is 18.3 Å². The maximum atomic E-state index is 13.1. The smallest absolute Gasteiger partial charge is 0.251 e. The molecule has 0 spiro atoms. The van der Waals surface area contributed by atoms with Crippen LogP contribution in [0.25, 0.3) is 10.9 Å². The lowest BCUT2D eigenvalue weighted by molar-refractivity contribution is -0.123.